The third kappa shape index (κ3) is 4.57. The Balaban J connectivity index is 1.62. The van der Waals surface area contributed by atoms with E-state index >= 15 is 0 Å². The first-order chi connectivity index (χ1) is 12.1. The molecular weight excluding hydrogens is 318 g/mol. The number of hydrogen-bond donors (Lipinski definition) is 2. The summed E-state index contributed by atoms with van der Waals surface area (Å²) in [4.78, 5) is 18.8. The molecule has 7 nitrogen and oxygen atoms in total. The molecule has 1 aliphatic rings. The molecule has 1 saturated heterocycles. The van der Waals surface area contributed by atoms with Gasteiger partial charge in [-0.1, -0.05) is 12.1 Å². The lowest BCUT2D eigenvalue weighted by Crippen LogP contribution is -2.41. The molecule has 2 N–H and O–H groups in total. The number of rotatable bonds is 5. The predicted molar refractivity (Wildman–Crippen MR) is 95.1 cm³/mol. The van der Waals surface area contributed by atoms with Gasteiger partial charge in [-0.2, -0.15) is 5.10 Å². The van der Waals surface area contributed by atoms with Crippen LogP contribution in [0.25, 0.3) is 0 Å². The maximum absolute atomic E-state index is 12.7. The lowest BCUT2D eigenvalue weighted by molar-refractivity contribution is 0.0657. The van der Waals surface area contributed by atoms with Crippen LogP contribution in [0.3, 0.4) is 0 Å². The standard InChI is InChI=1S/C18H25N5O2/c1-13(2)25-11-14-6-8-15(9-7-14)21-18(24)23-10-4-3-5-16(23)17-19-12-20-22-17/h6-9,12-13,16H,3-5,10-11H2,1-2H3,(H,21,24)(H,19,20,22). The molecule has 0 aliphatic carbocycles. The molecule has 1 aliphatic heterocycles. The molecule has 1 aromatic carbocycles. The number of hydrogen-bond acceptors (Lipinski definition) is 4. The Labute approximate surface area is 147 Å². The van der Waals surface area contributed by atoms with E-state index < -0.39 is 0 Å². The lowest BCUT2D eigenvalue weighted by atomic mass is 10.0. The maximum Gasteiger partial charge on any atom is 0.322 e. The average molecular weight is 343 g/mol. The second-order valence-corrected chi connectivity index (χ2v) is 6.56. The van der Waals surface area contributed by atoms with Gasteiger partial charge in [-0.25, -0.2) is 9.78 Å². The second kappa shape index (κ2) is 8.11. The molecule has 2 amide bonds. The van der Waals surface area contributed by atoms with E-state index in [2.05, 4.69) is 20.5 Å². The van der Waals surface area contributed by atoms with E-state index in [9.17, 15) is 4.79 Å². The zero-order valence-corrected chi connectivity index (χ0v) is 14.7. The van der Waals surface area contributed by atoms with Gasteiger partial charge >= 0.3 is 6.03 Å². The van der Waals surface area contributed by atoms with Crippen molar-refractivity contribution in [1.82, 2.24) is 20.1 Å². The first kappa shape index (κ1) is 17.4. The number of benzene rings is 1. The van der Waals surface area contributed by atoms with Gasteiger partial charge in [0.15, 0.2) is 0 Å². The van der Waals surface area contributed by atoms with E-state index in [4.69, 9.17) is 4.74 Å². The van der Waals surface area contributed by atoms with Crippen LogP contribution in [0.5, 0.6) is 0 Å². The molecule has 1 unspecified atom stereocenters. The zero-order chi connectivity index (χ0) is 17.6. The highest BCUT2D eigenvalue weighted by Crippen LogP contribution is 2.29. The summed E-state index contributed by atoms with van der Waals surface area (Å²) in [6.45, 7) is 5.32. The molecule has 2 aromatic rings. The van der Waals surface area contributed by atoms with Crippen molar-refractivity contribution >= 4 is 11.7 Å². The number of H-pyrrole nitrogens is 1. The average Bonchev–Trinajstić information content (AvgIpc) is 3.15. The monoisotopic (exact) mass is 343 g/mol. The SMILES string of the molecule is CC(C)OCc1ccc(NC(=O)N2CCCCC2c2ncn[nH]2)cc1. The van der Waals surface area contributed by atoms with E-state index in [0.717, 1.165) is 42.9 Å². The second-order valence-electron chi connectivity index (χ2n) is 6.56. The van der Waals surface area contributed by atoms with E-state index in [-0.39, 0.29) is 18.2 Å². The Hall–Kier alpha value is -2.41. The van der Waals surface area contributed by atoms with Gasteiger partial charge in [0.05, 0.1) is 18.8 Å². The minimum atomic E-state index is -0.104. The number of piperidine rings is 1. The lowest BCUT2D eigenvalue weighted by Gasteiger charge is -2.34. The molecule has 134 valence electrons. The molecule has 0 saturated carbocycles. The van der Waals surface area contributed by atoms with E-state index in [1.165, 1.54) is 6.33 Å². The van der Waals surface area contributed by atoms with Gasteiger partial charge < -0.3 is 15.0 Å². The topological polar surface area (TPSA) is 83.1 Å². The fraction of sp³-hybridized carbons (Fsp3) is 0.500. The van der Waals surface area contributed by atoms with E-state index in [1.807, 2.05) is 43.0 Å². The van der Waals surface area contributed by atoms with Gasteiger partial charge in [0.2, 0.25) is 0 Å². The number of aromatic nitrogens is 3. The number of ether oxygens (including phenoxy) is 1. The smallest absolute Gasteiger partial charge is 0.322 e. The summed E-state index contributed by atoms with van der Waals surface area (Å²) in [5.41, 5.74) is 1.87. The van der Waals surface area contributed by atoms with Gasteiger partial charge in [0.1, 0.15) is 12.2 Å². The van der Waals surface area contributed by atoms with Crippen molar-refractivity contribution in [2.75, 3.05) is 11.9 Å². The van der Waals surface area contributed by atoms with Crippen molar-refractivity contribution in [3.05, 3.63) is 42.0 Å². The van der Waals surface area contributed by atoms with Gasteiger partial charge in [0, 0.05) is 12.2 Å². The first-order valence-corrected chi connectivity index (χ1v) is 8.77. The highest BCUT2D eigenvalue weighted by molar-refractivity contribution is 5.89. The van der Waals surface area contributed by atoms with Crippen LogP contribution in [0, 0.1) is 0 Å². The highest BCUT2D eigenvalue weighted by atomic mass is 16.5. The van der Waals surface area contributed by atoms with Crippen LogP contribution >= 0.6 is 0 Å². The van der Waals surface area contributed by atoms with E-state index in [0.29, 0.717) is 6.61 Å². The maximum atomic E-state index is 12.7. The van der Waals surface area contributed by atoms with Crippen molar-refractivity contribution in [1.29, 1.82) is 0 Å². The van der Waals surface area contributed by atoms with Gasteiger partial charge in [-0.3, -0.25) is 5.10 Å². The van der Waals surface area contributed by atoms with Crippen LogP contribution in [-0.4, -0.2) is 38.8 Å². The number of nitrogens with one attached hydrogen (secondary N) is 2. The van der Waals surface area contributed by atoms with Crippen molar-refractivity contribution in [2.45, 2.75) is 51.9 Å². The molecule has 0 bridgehead atoms. The zero-order valence-electron chi connectivity index (χ0n) is 14.7. The van der Waals surface area contributed by atoms with Crippen LogP contribution in [0.2, 0.25) is 0 Å². The summed E-state index contributed by atoms with van der Waals surface area (Å²) in [6.07, 6.45) is 4.67. The Morgan fingerprint density at radius 2 is 2.16 bits per heavy atom. The summed E-state index contributed by atoms with van der Waals surface area (Å²) in [7, 11) is 0. The fourth-order valence-electron chi connectivity index (χ4n) is 2.98. The van der Waals surface area contributed by atoms with Crippen LogP contribution in [0.4, 0.5) is 10.5 Å². The number of anilines is 1. The fourth-order valence-corrected chi connectivity index (χ4v) is 2.98. The largest absolute Gasteiger partial charge is 0.374 e. The van der Waals surface area contributed by atoms with Crippen molar-refractivity contribution in [3.63, 3.8) is 0 Å². The highest BCUT2D eigenvalue weighted by Gasteiger charge is 2.29. The quantitative estimate of drug-likeness (QED) is 0.870. The third-order valence-electron chi connectivity index (χ3n) is 4.30. The minimum Gasteiger partial charge on any atom is -0.374 e. The van der Waals surface area contributed by atoms with Crippen molar-refractivity contribution < 1.29 is 9.53 Å². The molecule has 0 spiro atoms. The number of amides is 2. The molecule has 0 radical (unpaired) electrons. The number of likely N-dealkylation sites (tertiary alicyclic amines) is 1. The third-order valence-corrected chi connectivity index (χ3v) is 4.30. The van der Waals surface area contributed by atoms with Crippen LogP contribution in [0.15, 0.2) is 30.6 Å². The molecular formula is C18H25N5O2. The molecule has 7 heteroatoms. The number of carbonyl (C=O) groups is 1. The molecule has 1 fully saturated rings. The Bertz CT molecular complexity index is 669. The first-order valence-electron chi connectivity index (χ1n) is 8.77. The summed E-state index contributed by atoms with van der Waals surface area (Å²) in [5.74, 6) is 0.746. The normalized spacial score (nSPS) is 17.7. The van der Waals surface area contributed by atoms with Gasteiger partial charge in [-0.05, 0) is 50.8 Å². The van der Waals surface area contributed by atoms with Gasteiger partial charge in [0.25, 0.3) is 0 Å². The summed E-state index contributed by atoms with van der Waals surface area (Å²) >= 11 is 0. The minimum absolute atomic E-state index is 0.0463. The number of carbonyl (C=O) groups excluding carboxylic acids is 1. The van der Waals surface area contributed by atoms with Crippen LogP contribution in [-0.2, 0) is 11.3 Å². The summed E-state index contributed by atoms with van der Waals surface area (Å²) < 4.78 is 5.59. The Morgan fingerprint density at radius 3 is 2.84 bits per heavy atom. The number of nitrogens with zero attached hydrogens (tertiary/aromatic N) is 3. The van der Waals surface area contributed by atoms with Gasteiger partial charge in [-0.15, -0.1) is 0 Å². The Kier molecular flexibility index (Phi) is 5.65. The molecule has 1 atom stereocenters. The summed E-state index contributed by atoms with van der Waals surface area (Å²) in [6, 6.07) is 7.61. The molecule has 25 heavy (non-hydrogen) atoms. The molecule has 2 heterocycles. The molecule has 1 aromatic heterocycles. The Morgan fingerprint density at radius 1 is 1.36 bits per heavy atom. The summed E-state index contributed by atoms with van der Waals surface area (Å²) in [5, 5.41) is 9.78. The van der Waals surface area contributed by atoms with Crippen molar-refractivity contribution in [2.24, 2.45) is 0 Å². The van der Waals surface area contributed by atoms with Crippen LogP contribution < -0.4 is 5.32 Å². The van der Waals surface area contributed by atoms with Crippen LogP contribution in [0.1, 0.15) is 50.5 Å². The predicted octanol–water partition coefficient (Wildman–Crippen LogP) is 3.49. The number of aromatic amines is 1. The molecule has 3 rings (SSSR count). The number of urea groups is 1. The van der Waals surface area contributed by atoms with Crippen molar-refractivity contribution in [3.8, 4) is 0 Å². The van der Waals surface area contributed by atoms with E-state index in [1.54, 1.807) is 0 Å².